The first-order valence-corrected chi connectivity index (χ1v) is 13.8. The van der Waals surface area contributed by atoms with Crippen molar-refractivity contribution < 1.29 is 19.1 Å². The molecule has 0 saturated carbocycles. The Morgan fingerprint density at radius 1 is 1.10 bits per heavy atom. The Bertz CT molecular complexity index is 1100. The monoisotopic (exact) mass is 560 g/mol. The Labute approximate surface area is 239 Å². The first-order valence-electron chi connectivity index (χ1n) is 13.8. The van der Waals surface area contributed by atoms with Crippen LogP contribution in [0.15, 0.2) is 42.5 Å². The topological polar surface area (TPSA) is 99.8 Å². The molecule has 1 fully saturated rings. The van der Waals surface area contributed by atoms with E-state index in [2.05, 4.69) is 29.8 Å². The molecule has 216 valence electrons. The molecule has 0 aromatic heterocycles. The number of imide groups is 1. The SMILES string of the molecule is COC(C)(C)C(=O)N(C(=O)[C@@H]1CCCN1)[C@H](Cc1ccc2ccccc2c1)C(=O)NCCCNCC(C)C.Cl. The highest BCUT2D eigenvalue weighted by Gasteiger charge is 2.44. The molecule has 0 radical (unpaired) electrons. The Hall–Kier alpha value is -2.52. The summed E-state index contributed by atoms with van der Waals surface area (Å²) in [7, 11) is 1.44. The molecule has 1 aliphatic heterocycles. The molecule has 1 saturated heterocycles. The molecule has 1 heterocycles. The molecule has 3 amide bonds. The number of hydrogen-bond donors (Lipinski definition) is 3. The number of nitrogens with one attached hydrogen (secondary N) is 3. The van der Waals surface area contributed by atoms with E-state index >= 15 is 0 Å². The van der Waals surface area contributed by atoms with E-state index in [1.165, 1.54) is 7.11 Å². The van der Waals surface area contributed by atoms with Crippen LogP contribution >= 0.6 is 12.4 Å². The number of amides is 3. The maximum atomic E-state index is 13.8. The summed E-state index contributed by atoms with van der Waals surface area (Å²) in [5, 5.41) is 11.7. The summed E-state index contributed by atoms with van der Waals surface area (Å²) < 4.78 is 5.47. The van der Waals surface area contributed by atoms with E-state index in [9.17, 15) is 14.4 Å². The van der Waals surface area contributed by atoms with Gasteiger partial charge >= 0.3 is 0 Å². The van der Waals surface area contributed by atoms with Crippen LogP contribution in [0.4, 0.5) is 0 Å². The van der Waals surface area contributed by atoms with E-state index in [0.29, 0.717) is 25.4 Å². The van der Waals surface area contributed by atoms with Crippen molar-refractivity contribution in [3.63, 3.8) is 0 Å². The summed E-state index contributed by atoms with van der Waals surface area (Å²) >= 11 is 0. The van der Waals surface area contributed by atoms with E-state index in [4.69, 9.17) is 4.74 Å². The van der Waals surface area contributed by atoms with E-state index < -0.39 is 23.6 Å². The number of nitrogens with zero attached hydrogens (tertiary/aromatic N) is 1. The molecule has 3 rings (SSSR count). The smallest absolute Gasteiger partial charge is 0.261 e. The molecule has 2 aromatic carbocycles. The molecule has 0 aliphatic carbocycles. The molecule has 3 N–H and O–H groups in total. The van der Waals surface area contributed by atoms with Gasteiger partial charge in [0.15, 0.2) is 0 Å². The maximum Gasteiger partial charge on any atom is 0.261 e. The lowest BCUT2D eigenvalue weighted by Crippen LogP contribution is -2.61. The normalized spacial score (nSPS) is 16.1. The van der Waals surface area contributed by atoms with E-state index in [1.807, 2.05) is 42.5 Å². The molecular weight excluding hydrogens is 516 g/mol. The largest absolute Gasteiger partial charge is 0.369 e. The molecule has 0 spiro atoms. The first kappa shape index (κ1) is 32.7. The minimum absolute atomic E-state index is 0. The molecule has 9 heteroatoms. The van der Waals surface area contributed by atoms with Crippen LogP contribution in [0.3, 0.4) is 0 Å². The van der Waals surface area contributed by atoms with Gasteiger partial charge in [-0.3, -0.25) is 19.3 Å². The van der Waals surface area contributed by atoms with Gasteiger partial charge in [-0.2, -0.15) is 0 Å². The Kier molecular flexibility index (Phi) is 12.8. The molecule has 1 aliphatic rings. The lowest BCUT2D eigenvalue weighted by atomic mass is 9.97. The van der Waals surface area contributed by atoms with E-state index in [-0.39, 0.29) is 30.6 Å². The highest BCUT2D eigenvalue weighted by atomic mass is 35.5. The summed E-state index contributed by atoms with van der Waals surface area (Å²) in [6.07, 6.45) is 2.43. The van der Waals surface area contributed by atoms with Gasteiger partial charge in [0.25, 0.3) is 5.91 Å². The van der Waals surface area contributed by atoms with Crippen molar-refractivity contribution in [3.8, 4) is 0 Å². The second kappa shape index (κ2) is 15.3. The number of rotatable bonds is 13. The van der Waals surface area contributed by atoms with Crippen LogP contribution in [-0.4, -0.2) is 73.6 Å². The van der Waals surface area contributed by atoms with Gasteiger partial charge in [-0.1, -0.05) is 56.3 Å². The molecule has 2 aromatic rings. The number of halogens is 1. The van der Waals surface area contributed by atoms with Crippen LogP contribution in [0.2, 0.25) is 0 Å². The van der Waals surface area contributed by atoms with Gasteiger partial charge in [0.1, 0.15) is 11.6 Å². The number of benzene rings is 2. The van der Waals surface area contributed by atoms with Gasteiger partial charge in [0.05, 0.1) is 6.04 Å². The molecule has 8 nitrogen and oxygen atoms in total. The van der Waals surface area contributed by atoms with Crippen molar-refractivity contribution >= 4 is 40.9 Å². The summed E-state index contributed by atoms with van der Waals surface area (Å²) in [4.78, 5) is 42.4. The minimum Gasteiger partial charge on any atom is -0.369 e. The molecule has 0 unspecified atom stereocenters. The highest BCUT2D eigenvalue weighted by Crippen LogP contribution is 2.23. The fourth-order valence-electron chi connectivity index (χ4n) is 4.66. The average Bonchev–Trinajstić information content (AvgIpc) is 3.45. The highest BCUT2D eigenvalue weighted by molar-refractivity contribution is 6.05. The van der Waals surface area contributed by atoms with Crippen LogP contribution in [0.25, 0.3) is 10.8 Å². The van der Waals surface area contributed by atoms with Crippen molar-refractivity contribution in [1.29, 1.82) is 0 Å². The van der Waals surface area contributed by atoms with Crippen LogP contribution in [0.5, 0.6) is 0 Å². The summed E-state index contributed by atoms with van der Waals surface area (Å²) in [6.45, 7) is 10.4. The predicted molar refractivity (Wildman–Crippen MR) is 158 cm³/mol. The Morgan fingerprint density at radius 2 is 1.82 bits per heavy atom. The van der Waals surface area contributed by atoms with Gasteiger partial charge in [0, 0.05) is 20.1 Å². The minimum atomic E-state index is -1.27. The van der Waals surface area contributed by atoms with Gasteiger partial charge in [-0.05, 0) is 75.0 Å². The second-order valence-corrected chi connectivity index (χ2v) is 11.0. The maximum absolute atomic E-state index is 13.8. The van der Waals surface area contributed by atoms with Crippen molar-refractivity contribution in [1.82, 2.24) is 20.9 Å². The summed E-state index contributed by atoms with van der Waals surface area (Å²) in [5.41, 5.74) is -0.389. The zero-order chi connectivity index (χ0) is 27.7. The standard InChI is InChI=1S/C30H44N4O4.ClH/c1-21(2)20-31-15-9-17-33-27(35)26(19-22-13-14-23-10-6-7-11-24(23)18-22)34(29(37)30(3,4)38-5)28(36)25-12-8-16-32-25;/h6-7,10-11,13-14,18,21,25-26,31-32H,8-9,12,15-17,19-20H2,1-5H3,(H,33,35);1H/t25-,26+;/m0./s1. The summed E-state index contributed by atoms with van der Waals surface area (Å²) in [5.74, 6) is -0.682. The number of methoxy groups -OCH3 is 1. The summed E-state index contributed by atoms with van der Waals surface area (Å²) in [6, 6.07) is 12.5. The van der Waals surface area contributed by atoms with Crippen molar-refractivity contribution in [3.05, 3.63) is 48.0 Å². The van der Waals surface area contributed by atoms with Crippen LogP contribution in [0.1, 0.15) is 52.5 Å². The lowest BCUT2D eigenvalue weighted by Gasteiger charge is -2.36. The van der Waals surface area contributed by atoms with Crippen molar-refractivity contribution in [2.45, 2.75) is 71.1 Å². The lowest BCUT2D eigenvalue weighted by molar-refractivity contribution is -0.164. The average molecular weight is 561 g/mol. The van der Waals surface area contributed by atoms with Gasteiger partial charge in [-0.15, -0.1) is 12.4 Å². The van der Waals surface area contributed by atoms with Crippen molar-refractivity contribution in [2.75, 3.05) is 33.3 Å². The molecule has 2 atom stereocenters. The molecule has 0 bridgehead atoms. The number of carbonyl (C=O) groups is 3. The third-order valence-corrected chi connectivity index (χ3v) is 7.08. The second-order valence-electron chi connectivity index (χ2n) is 11.0. The molecule has 39 heavy (non-hydrogen) atoms. The van der Waals surface area contributed by atoms with E-state index in [0.717, 1.165) is 47.2 Å². The zero-order valence-electron chi connectivity index (χ0n) is 23.9. The number of hydrogen-bond acceptors (Lipinski definition) is 6. The fraction of sp³-hybridized carbons (Fsp3) is 0.567. The van der Waals surface area contributed by atoms with Crippen LogP contribution in [0, 0.1) is 5.92 Å². The van der Waals surface area contributed by atoms with E-state index in [1.54, 1.807) is 13.8 Å². The third-order valence-electron chi connectivity index (χ3n) is 7.08. The van der Waals surface area contributed by atoms with Gasteiger partial charge in [-0.25, -0.2) is 0 Å². The Morgan fingerprint density at radius 3 is 2.46 bits per heavy atom. The predicted octanol–water partition coefficient (Wildman–Crippen LogP) is 3.46. The zero-order valence-corrected chi connectivity index (χ0v) is 24.7. The first-order chi connectivity index (χ1) is 18.1. The number of ether oxygens (including phenoxy) is 1. The van der Waals surface area contributed by atoms with Crippen molar-refractivity contribution in [2.24, 2.45) is 5.92 Å². The number of carbonyl (C=O) groups excluding carboxylic acids is 3. The molecular formula is C30H45ClN4O4. The van der Waals surface area contributed by atoms with Crippen LogP contribution < -0.4 is 16.0 Å². The Balaban J connectivity index is 0.00000533. The fourth-order valence-corrected chi connectivity index (χ4v) is 4.66. The van der Waals surface area contributed by atoms with Gasteiger partial charge < -0.3 is 20.7 Å². The van der Waals surface area contributed by atoms with Crippen LogP contribution in [-0.2, 0) is 25.5 Å². The van der Waals surface area contributed by atoms with Gasteiger partial charge in [0.2, 0.25) is 11.8 Å². The third kappa shape index (κ3) is 9.00. The number of fused-ring (bicyclic) bond motifs is 1. The quantitative estimate of drug-likeness (QED) is 0.325.